The molecule has 1 fully saturated rings. The largest absolute Gasteiger partial charge is 0.490 e. The van der Waals surface area contributed by atoms with E-state index in [0.29, 0.717) is 56.7 Å². The number of nitrogens with zero attached hydrogens (tertiary/aromatic N) is 4. The first-order valence-electron chi connectivity index (χ1n) is 12.2. The number of hydrogen-bond donors (Lipinski definition) is 0. The number of para-hydroxylation sites is 2. The smallest absolute Gasteiger partial charge is 0.236 e. The third-order valence-corrected chi connectivity index (χ3v) is 7.65. The van der Waals surface area contributed by atoms with Gasteiger partial charge < -0.3 is 14.4 Å². The molecule has 10 heteroatoms. The van der Waals surface area contributed by atoms with Crippen molar-refractivity contribution in [2.45, 2.75) is 32.2 Å². The minimum Gasteiger partial charge on any atom is -0.490 e. The van der Waals surface area contributed by atoms with E-state index in [0.717, 1.165) is 37.8 Å². The van der Waals surface area contributed by atoms with Gasteiger partial charge in [-0.1, -0.05) is 31.0 Å². The Morgan fingerprint density at radius 3 is 2.46 bits per heavy atom. The standard InChI is InChI=1S/C25H34N4O5S/c1-35(31,32)29-16-14-28(15-17-29)24(30)20-27-13-6-2-3-7-18-33-22-10-4-5-11-23(22)34-25-21(19-27)9-8-12-26-25/h4-5,8-12H,2-3,6-7,13-20H2,1H3. The quantitative estimate of drug-likeness (QED) is 0.637. The predicted octanol–water partition coefficient (Wildman–Crippen LogP) is 2.73. The lowest BCUT2D eigenvalue weighted by Crippen LogP contribution is -2.52. The van der Waals surface area contributed by atoms with E-state index in [-0.39, 0.29) is 12.5 Å². The molecule has 0 N–H and O–H groups in total. The first-order chi connectivity index (χ1) is 16.9. The molecule has 2 aliphatic heterocycles. The fourth-order valence-corrected chi connectivity index (χ4v) is 5.21. The van der Waals surface area contributed by atoms with Crippen LogP contribution < -0.4 is 9.47 Å². The summed E-state index contributed by atoms with van der Waals surface area (Å²) in [5, 5.41) is 0. The van der Waals surface area contributed by atoms with Crippen molar-refractivity contribution in [2.24, 2.45) is 0 Å². The SMILES string of the molecule is CS(=O)(=O)N1CCN(C(=O)CN2CCCCCCOc3ccccc3Oc3ncccc3C2)CC1. The molecule has 9 nitrogen and oxygen atoms in total. The third kappa shape index (κ3) is 7.16. The number of rotatable bonds is 3. The second-order valence-corrected chi connectivity index (χ2v) is 11.0. The zero-order valence-corrected chi connectivity index (χ0v) is 21.1. The van der Waals surface area contributed by atoms with Gasteiger partial charge in [0.05, 0.1) is 19.4 Å². The van der Waals surface area contributed by atoms with E-state index in [1.165, 1.54) is 10.6 Å². The summed E-state index contributed by atoms with van der Waals surface area (Å²) < 4.78 is 37.2. The Hall–Kier alpha value is -2.69. The Bertz CT molecular complexity index is 1100. The predicted molar refractivity (Wildman–Crippen MR) is 133 cm³/mol. The van der Waals surface area contributed by atoms with Crippen LogP contribution in [0.1, 0.15) is 31.2 Å². The molecule has 1 aromatic heterocycles. The van der Waals surface area contributed by atoms with Crippen molar-refractivity contribution in [3.63, 3.8) is 0 Å². The van der Waals surface area contributed by atoms with Crippen LogP contribution in [0.2, 0.25) is 0 Å². The fourth-order valence-electron chi connectivity index (χ4n) is 4.38. The Morgan fingerprint density at radius 1 is 0.943 bits per heavy atom. The van der Waals surface area contributed by atoms with Gasteiger partial charge in [-0.25, -0.2) is 13.4 Å². The average molecular weight is 503 g/mol. The average Bonchev–Trinajstić information content (AvgIpc) is 2.84. The third-order valence-electron chi connectivity index (χ3n) is 6.35. The lowest BCUT2D eigenvalue weighted by molar-refractivity contribution is -0.133. The van der Waals surface area contributed by atoms with Gasteiger partial charge in [-0.2, -0.15) is 4.31 Å². The van der Waals surface area contributed by atoms with E-state index in [2.05, 4.69) is 9.88 Å². The second-order valence-electron chi connectivity index (χ2n) is 9.03. The Labute approximate surface area is 207 Å². The molecule has 1 saturated heterocycles. The first-order valence-corrected chi connectivity index (χ1v) is 14.0. The van der Waals surface area contributed by atoms with Crippen molar-refractivity contribution in [1.29, 1.82) is 0 Å². The number of sulfonamides is 1. The summed E-state index contributed by atoms with van der Waals surface area (Å²) in [6, 6.07) is 11.4. The van der Waals surface area contributed by atoms with Crippen molar-refractivity contribution in [3.05, 3.63) is 48.2 Å². The molecule has 1 aromatic carbocycles. The second kappa shape index (κ2) is 11.8. The number of fused-ring (bicyclic) bond motifs is 2. The highest BCUT2D eigenvalue weighted by molar-refractivity contribution is 7.88. The number of pyridine rings is 1. The fraction of sp³-hybridized carbons (Fsp3) is 0.520. The van der Waals surface area contributed by atoms with Gasteiger partial charge in [0.15, 0.2) is 11.5 Å². The Balaban J connectivity index is 1.48. The molecular formula is C25H34N4O5S. The molecule has 190 valence electrons. The topological polar surface area (TPSA) is 92.3 Å². The molecule has 0 radical (unpaired) electrons. The van der Waals surface area contributed by atoms with Crippen LogP contribution in [0.15, 0.2) is 42.6 Å². The minimum atomic E-state index is -3.23. The molecule has 3 heterocycles. The molecule has 1 amide bonds. The number of carbonyl (C=O) groups is 1. The summed E-state index contributed by atoms with van der Waals surface area (Å²) in [6.07, 6.45) is 6.94. The van der Waals surface area contributed by atoms with Crippen molar-refractivity contribution >= 4 is 15.9 Å². The number of piperazine rings is 1. The Morgan fingerprint density at radius 2 is 1.69 bits per heavy atom. The van der Waals surface area contributed by atoms with Crippen molar-refractivity contribution in [1.82, 2.24) is 19.1 Å². The molecule has 0 atom stereocenters. The maximum Gasteiger partial charge on any atom is 0.236 e. The Kier molecular flexibility index (Phi) is 8.59. The summed E-state index contributed by atoms with van der Waals surface area (Å²) in [6.45, 7) is 3.71. The van der Waals surface area contributed by atoms with Crippen molar-refractivity contribution in [2.75, 3.05) is 52.1 Å². The van der Waals surface area contributed by atoms with Gasteiger partial charge in [0.25, 0.3) is 0 Å². The van der Waals surface area contributed by atoms with Crippen LogP contribution in [0.3, 0.4) is 0 Å². The van der Waals surface area contributed by atoms with Crippen molar-refractivity contribution in [3.8, 4) is 17.4 Å². The summed E-state index contributed by atoms with van der Waals surface area (Å²) in [4.78, 5) is 21.5. The highest BCUT2D eigenvalue weighted by Crippen LogP contribution is 2.32. The van der Waals surface area contributed by atoms with Crippen molar-refractivity contribution < 1.29 is 22.7 Å². The molecule has 0 bridgehead atoms. The van der Waals surface area contributed by atoms with E-state index < -0.39 is 10.0 Å². The molecule has 0 spiro atoms. The molecular weight excluding hydrogens is 468 g/mol. The zero-order chi connectivity index (χ0) is 24.7. The molecule has 2 aliphatic rings. The minimum absolute atomic E-state index is 0.0179. The van der Waals surface area contributed by atoms with Gasteiger partial charge in [-0.05, 0) is 37.6 Å². The molecule has 0 saturated carbocycles. The molecule has 2 aromatic rings. The van der Waals surface area contributed by atoms with Gasteiger partial charge in [-0.15, -0.1) is 0 Å². The lowest BCUT2D eigenvalue weighted by atomic mass is 10.1. The summed E-state index contributed by atoms with van der Waals surface area (Å²) in [5.74, 6) is 1.83. The van der Waals surface area contributed by atoms with Crippen LogP contribution in [-0.2, 0) is 21.4 Å². The zero-order valence-electron chi connectivity index (χ0n) is 20.3. The molecule has 35 heavy (non-hydrogen) atoms. The van der Waals surface area contributed by atoms with Gasteiger partial charge >= 0.3 is 0 Å². The maximum atomic E-state index is 13.1. The van der Waals surface area contributed by atoms with E-state index >= 15 is 0 Å². The van der Waals surface area contributed by atoms with E-state index in [9.17, 15) is 13.2 Å². The number of ether oxygens (including phenoxy) is 2. The summed E-state index contributed by atoms with van der Waals surface area (Å²) in [7, 11) is -3.23. The first kappa shape index (κ1) is 25.4. The van der Waals surface area contributed by atoms with E-state index in [1.807, 2.05) is 36.4 Å². The van der Waals surface area contributed by atoms with Gasteiger partial charge in [-0.3, -0.25) is 9.69 Å². The van der Waals surface area contributed by atoms with Gasteiger partial charge in [0.1, 0.15) is 0 Å². The van der Waals surface area contributed by atoms with Crippen LogP contribution in [0.4, 0.5) is 0 Å². The highest BCUT2D eigenvalue weighted by Gasteiger charge is 2.27. The number of benzene rings is 1. The van der Waals surface area contributed by atoms with Crippen LogP contribution in [0, 0.1) is 0 Å². The number of carbonyl (C=O) groups excluding carboxylic acids is 1. The summed E-state index contributed by atoms with van der Waals surface area (Å²) in [5.41, 5.74) is 0.897. The highest BCUT2D eigenvalue weighted by atomic mass is 32.2. The number of amides is 1. The normalized spacial score (nSPS) is 18.9. The van der Waals surface area contributed by atoms with Crippen LogP contribution in [-0.4, -0.2) is 85.5 Å². The molecule has 0 unspecified atom stereocenters. The van der Waals surface area contributed by atoms with Gasteiger partial charge in [0.2, 0.25) is 21.8 Å². The monoisotopic (exact) mass is 502 g/mol. The van der Waals surface area contributed by atoms with Crippen LogP contribution in [0.5, 0.6) is 17.4 Å². The molecule has 0 aliphatic carbocycles. The van der Waals surface area contributed by atoms with E-state index in [4.69, 9.17) is 9.47 Å². The maximum absolute atomic E-state index is 13.1. The van der Waals surface area contributed by atoms with E-state index in [1.54, 1.807) is 11.1 Å². The van der Waals surface area contributed by atoms with Crippen LogP contribution >= 0.6 is 0 Å². The number of aromatic nitrogens is 1. The lowest BCUT2D eigenvalue weighted by Gasteiger charge is -2.34. The van der Waals surface area contributed by atoms with Gasteiger partial charge in [0, 0.05) is 44.5 Å². The summed E-state index contributed by atoms with van der Waals surface area (Å²) >= 11 is 0. The molecule has 4 rings (SSSR count). The number of hydrogen-bond acceptors (Lipinski definition) is 7. The van der Waals surface area contributed by atoms with Crippen LogP contribution in [0.25, 0.3) is 0 Å².